The predicted molar refractivity (Wildman–Crippen MR) is 122 cm³/mol. The number of rotatable bonds is 8. The topological polar surface area (TPSA) is 59.3 Å². The highest BCUT2D eigenvalue weighted by atomic mass is 16.5. The smallest absolute Gasteiger partial charge is 0.306 e. The summed E-state index contributed by atoms with van der Waals surface area (Å²) >= 11 is 0. The van der Waals surface area contributed by atoms with Gasteiger partial charge in [-0.25, -0.2) is 0 Å². The van der Waals surface area contributed by atoms with Gasteiger partial charge < -0.3 is 9.47 Å². The second-order valence-corrected chi connectivity index (χ2v) is 9.31. The molecule has 0 radical (unpaired) electrons. The maximum Gasteiger partial charge on any atom is 0.306 e. The van der Waals surface area contributed by atoms with Crippen molar-refractivity contribution in [2.75, 3.05) is 13.2 Å². The highest BCUT2D eigenvalue weighted by Gasteiger charge is 2.43. The summed E-state index contributed by atoms with van der Waals surface area (Å²) in [5.74, 6) is -0.346. The molecule has 0 bridgehead atoms. The Bertz CT molecular complexity index is 898. The Morgan fingerprint density at radius 2 is 1.87 bits per heavy atom. The Kier molecular flexibility index (Phi) is 7.51. The van der Waals surface area contributed by atoms with Crippen LogP contribution in [0.5, 0.6) is 0 Å². The standard InChI is InChI=1S/C27H33NO3/c1-21-11-13-24(14-12-21)27(15-17-31-26(2,3)20-27)18-25(29)30-16-7-10-23(19-28)22-8-5-4-6-9-22/h4-6,8-9,11-14,23H,7,10,15-18,20H2,1-3H3. The minimum absolute atomic E-state index is 0.171. The highest BCUT2D eigenvalue weighted by molar-refractivity contribution is 5.71. The molecule has 164 valence electrons. The molecule has 0 N–H and O–H groups in total. The van der Waals surface area contributed by atoms with Gasteiger partial charge in [-0.05, 0) is 57.6 Å². The number of benzene rings is 2. The Morgan fingerprint density at radius 1 is 1.16 bits per heavy atom. The zero-order valence-electron chi connectivity index (χ0n) is 18.9. The molecule has 4 nitrogen and oxygen atoms in total. The van der Waals surface area contributed by atoms with Gasteiger partial charge in [0.05, 0.1) is 30.6 Å². The first kappa shape index (κ1) is 23.0. The first-order valence-corrected chi connectivity index (χ1v) is 11.1. The third kappa shape index (κ3) is 6.18. The molecule has 3 rings (SSSR count). The minimum Gasteiger partial charge on any atom is -0.466 e. The summed E-state index contributed by atoms with van der Waals surface area (Å²) in [6.07, 6.45) is 3.29. The monoisotopic (exact) mass is 419 g/mol. The Hall–Kier alpha value is -2.64. The van der Waals surface area contributed by atoms with Crippen LogP contribution in [0.3, 0.4) is 0 Å². The maximum atomic E-state index is 12.8. The fraction of sp³-hybridized carbons (Fsp3) is 0.481. The van der Waals surface area contributed by atoms with Crippen molar-refractivity contribution < 1.29 is 14.3 Å². The van der Waals surface area contributed by atoms with Crippen molar-refractivity contribution in [3.63, 3.8) is 0 Å². The molecule has 2 unspecified atom stereocenters. The molecular weight excluding hydrogens is 386 g/mol. The van der Waals surface area contributed by atoms with Crippen molar-refractivity contribution in [1.82, 2.24) is 0 Å². The molecule has 31 heavy (non-hydrogen) atoms. The molecule has 4 heteroatoms. The van der Waals surface area contributed by atoms with E-state index < -0.39 is 0 Å². The molecule has 2 aromatic carbocycles. The normalized spacial score (nSPS) is 21.1. The van der Waals surface area contributed by atoms with Crippen LogP contribution < -0.4 is 0 Å². The van der Waals surface area contributed by atoms with Crippen LogP contribution in [-0.2, 0) is 19.7 Å². The molecule has 1 aliphatic heterocycles. The SMILES string of the molecule is Cc1ccc(C2(CC(=O)OCCCC(C#N)c3ccccc3)CCOC(C)(C)C2)cc1. The van der Waals surface area contributed by atoms with Crippen molar-refractivity contribution in [3.8, 4) is 6.07 Å². The van der Waals surface area contributed by atoms with Crippen LogP contribution in [-0.4, -0.2) is 24.8 Å². The summed E-state index contributed by atoms with van der Waals surface area (Å²) in [5.41, 5.74) is 2.85. The van der Waals surface area contributed by atoms with Gasteiger partial charge in [0.1, 0.15) is 0 Å². The lowest BCUT2D eigenvalue weighted by Crippen LogP contribution is -2.45. The lowest BCUT2D eigenvalue weighted by atomic mass is 9.67. The van der Waals surface area contributed by atoms with Crippen LogP contribution in [0.2, 0.25) is 0 Å². The zero-order chi connectivity index (χ0) is 22.3. The van der Waals surface area contributed by atoms with Crippen LogP contribution in [0.1, 0.15) is 68.6 Å². The number of hydrogen-bond acceptors (Lipinski definition) is 4. The van der Waals surface area contributed by atoms with Gasteiger partial charge in [-0.1, -0.05) is 60.2 Å². The van der Waals surface area contributed by atoms with Crippen molar-refractivity contribution in [1.29, 1.82) is 5.26 Å². The summed E-state index contributed by atoms with van der Waals surface area (Å²) in [6.45, 7) is 7.23. The van der Waals surface area contributed by atoms with Crippen molar-refractivity contribution in [2.24, 2.45) is 0 Å². The number of hydrogen-bond donors (Lipinski definition) is 0. The third-order valence-electron chi connectivity index (χ3n) is 6.24. The van der Waals surface area contributed by atoms with Crippen LogP contribution in [0.4, 0.5) is 0 Å². The first-order chi connectivity index (χ1) is 14.8. The van der Waals surface area contributed by atoms with Crippen molar-refractivity contribution in [3.05, 3.63) is 71.3 Å². The average molecular weight is 420 g/mol. The highest BCUT2D eigenvalue weighted by Crippen LogP contribution is 2.44. The molecule has 0 spiro atoms. The molecule has 2 aromatic rings. The van der Waals surface area contributed by atoms with E-state index in [2.05, 4.69) is 51.1 Å². The summed E-state index contributed by atoms with van der Waals surface area (Å²) < 4.78 is 11.6. The number of nitrogens with zero attached hydrogens (tertiary/aromatic N) is 1. The molecule has 0 aromatic heterocycles. The minimum atomic E-state index is -0.279. The van der Waals surface area contributed by atoms with Gasteiger partial charge in [0.2, 0.25) is 0 Å². The number of esters is 1. The fourth-order valence-electron chi connectivity index (χ4n) is 4.68. The number of carbonyl (C=O) groups excluding carboxylic acids is 1. The molecule has 0 aliphatic carbocycles. The molecular formula is C27H33NO3. The number of carbonyl (C=O) groups is 1. The lowest BCUT2D eigenvalue weighted by Gasteiger charge is -2.45. The summed E-state index contributed by atoms with van der Waals surface area (Å²) in [5, 5.41) is 9.46. The van der Waals surface area contributed by atoms with Gasteiger partial charge in [0.15, 0.2) is 0 Å². The van der Waals surface area contributed by atoms with E-state index in [0.717, 1.165) is 18.4 Å². The van der Waals surface area contributed by atoms with Gasteiger partial charge >= 0.3 is 5.97 Å². The zero-order valence-corrected chi connectivity index (χ0v) is 18.9. The number of nitriles is 1. The maximum absolute atomic E-state index is 12.8. The lowest BCUT2D eigenvalue weighted by molar-refractivity contribution is -0.148. The van der Waals surface area contributed by atoms with Crippen LogP contribution in [0.25, 0.3) is 0 Å². The van der Waals surface area contributed by atoms with E-state index in [1.807, 2.05) is 30.3 Å². The average Bonchev–Trinajstić information content (AvgIpc) is 2.74. The molecule has 0 amide bonds. The van der Waals surface area contributed by atoms with Crippen LogP contribution in [0, 0.1) is 18.3 Å². The third-order valence-corrected chi connectivity index (χ3v) is 6.24. The van der Waals surface area contributed by atoms with E-state index >= 15 is 0 Å². The van der Waals surface area contributed by atoms with E-state index in [1.54, 1.807) is 0 Å². The second-order valence-electron chi connectivity index (χ2n) is 9.31. The summed E-state index contributed by atoms with van der Waals surface area (Å²) in [7, 11) is 0. The second kappa shape index (κ2) is 10.1. The molecule has 2 atom stereocenters. The van der Waals surface area contributed by atoms with E-state index in [-0.39, 0.29) is 22.9 Å². The van der Waals surface area contributed by atoms with Gasteiger partial charge in [-0.3, -0.25) is 4.79 Å². The quantitative estimate of drug-likeness (QED) is 0.398. The molecule has 1 heterocycles. The first-order valence-electron chi connectivity index (χ1n) is 11.1. The molecule has 1 fully saturated rings. The van der Waals surface area contributed by atoms with E-state index in [4.69, 9.17) is 9.47 Å². The number of ether oxygens (including phenoxy) is 2. The summed E-state index contributed by atoms with van der Waals surface area (Å²) in [4.78, 5) is 12.8. The van der Waals surface area contributed by atoms with Crippen molar-refractivity contribution >= 4 is 5.97 Å². The molecule has 0 saturated carbocycles. The van der Waals surface area contributed by atoms with Gasteiger partial charge in [-0.15, -0.1) is 0 Å². The van der Waals surface area contributed by atoms with E-state index in [0.29, 0.717) is 32.5 Å². The van der Waals surface area contributed by atoms with Crippen molar-refractivity contribution in [2.45, 2.75) is 69.8 Å². The van der Waals surface area contributed by atoms with Gasteiger partial charge in [0.25, 0.3) is 0 Å². The largest absolute Gasteiger partial charge is 0.466 e. The summed E-state index contributed by atoms with van der Waals surface area (Å²) in [6, 6.07) is 20.6. The number of aryl methyl sites for hydroxylation is 1. The van der Waals surface area contributed by atoms with E-state index in [1.165, 1.54) is 11.1 Å². The Balaban J connectivity index is 1.59. The van der Waals surface area contributed by atoms with Crippen LogP contribution >= 0.6 is 0 Å². The van der Waals surface area contributed by atoms with Gasteiger partial charge in [-0.2, -0.15) is 5.26 Å². The van der Waals surface area contributed by atoms with E-state index in [9.17, 15) is 10.1 Å². The molecule has 1 aliphatic rings. The Morgan fingerprint density at radius 3 is 2.52 bits per heavy atom. The fourth-order valence-corrected chi connectivity index (χ4v) is 4.68. The van der Waals surface area contributed by atoms with Gasteiger partial charge in [0, 0.05) is 12.0 Å². The molecule has 1 saturated heterocycles. The van der Waals surface area contributed by atoms with Crippen LogP contribution in [0.15, 0.2) is 54.6 Å². The predicted octanol–water partition coefficient (Wildman–Crippen LogP) is 5.84. The Labute approximate surface area is 186 Å².